The first-order valence-electron chi connectivity index (χ1n) is 8.52. The smallest absolute Gasteiger partial charge is 0.249 e. The highest BCUT2D eigenvalue weighted by molar-refractivity contribution is 5.99. The van der Waals surface area contributed by atoms with Crippen molar-refractivity contribution in [2.45, 2.75) is 13.0 Å². The van der Waals surface area contributed by atoms with Crippen LogP contribution in [0.15, 0.2) is 48.5 Å². The molecule has 0 spiro atoms. The number of likely N-dealkylation sites (N-methyl/N-ethyl adjacent to an activating group) is 1. The molecule has 0 radical (unpaired) electrons. The Bertz CT molecular complexity index is 696. The molecule has 126 valence electrons. The van der Waals surface area contributed by atoms with Crippen LogP contribution in [-0.4, -0.2) is 48.9 Å². The third-order valence-electron chi connectivity index (χ3n) is 4.68. The van der Waals surface area contributed by atoms with Gasteiger partial charge in [0, 0.05) is 25.2 Å². The van der Waals surface area contributed by atoms with Crippen LogP contribution >= 0.6 is 0 Å². The predicted molar refractivity (Wildman–Crippen MR) is 97.8 cm³/mol. The predicted octanol–water partition coefficient (Wildman–Crippen LogP) is 2.59. The Hall–Kier alpha value is -2.17. The lowest BCUT2D eigenvalue weighted by atomic mass is 9.98. The summed E-state index contributed by atoms with van der Waals surface area (Å²) in [5.41, 5.74) is 9.29. The zero-order valence-electron chi connectivity index (χ0n) is 14.2. The van der Waals surface area contributed by atoms with Gasteiger partial charge in [-0.15, -0.1) is 0 Å². The van der Waals surface area contributed by atoms with E-state index in [0.717, 1.165) is 37.3 Å². The largest absolute Gasteiger partial charge is 0.366 e. The van der Waals surface area contributed by atoms with Crippen molar-refractivity contribution in [2.75, 3.05) is 33.2 Å². The van der Waals surface area contributed by atoms with Crippen molar-refractivity contribution in [3.05, 3.63) is 59.7 Å². The van der Waals surface area contributed by atoms with Gasteiger partial charge in [0.05, 0.1) is 0 Å². The van der Waals surface area contributed by atoms with E-state index in [1.807, 2.05) is 18.2 Å². The molecule has 0 bridgehead atoms. The zero-order valence-corrected chi connectivity index (χ0v) is 14.2. The molecule has 1 aliphatic rings. The SMILES string of the molecule is CN1CCCN(Cc2ccc(-c3ccccc3C(N)=O)cc2)CC1. The summed E-state index contributed by atoms with van der Waals surface area (Å²) in [5.74, 6) is -0.386. The van der Waals surface area contributed by atoms with E-state index in [1.54, 1.807) is 6.07 Å². The molecule has 2 aromatic carbocycles. The van der Waals surface area contributed by atoms with Crippen molar-refractivity contribution in [3.63, 3.8) is 0 Å². The Kier molecular flexibility index (Phi) is 5.28. The average molecular weight is 323 g/mol. The van der Waals surface area contributed by atoms with Crippen LogP contribution in [0, 0.1) is 0 Å². The average Bonchev–Trinajstić information content (AvgIpc) is 2.80. The van der Waals surface area contributed by atoms with Gasteiger partial charge in [0.1, 0.15) is 0 Å². The number of amides is 1. The normalized spacial score (nSPS) is 16.7. The second-order valence-corrected chi connectivity index (χ2v) is 6.54. The summed E-state index contributed by atoms with van der Waals surface area (Å²) in [6.45, 7) is 5.55. The fourth-order valence-corrected chi connectivity index (χ4v) is 3.26. The van der Waals surface area contributed by atoms with Crippen LogP contribution in [0.3, 0.4) is 0 Å². The van der Waals surface area contributed by atoms with E-state index in [1.165, 1.54) is 18.5 Å². The van der Waals surface area contributed by atoms with E-state index in [0.29, 0.717) is 5.56 Å². The maximum Gasteiger partial charge on any atom is 0.249 e. The lowest BCUT2D eigenvalue weighted by Gasteiger charge is -2.20. The first-order valence-corrected chi connectivity index (χ1v) is 8.52. The zero-order chi connectivity index (χ0) is 16.9. The molecular formula is C20H25N3O. The third kappa shape index (κ3) is 4.02. The van der Waals surface area contributed by atoms with Crippen molar-refractivity contribution in [1.82, 2.24) is 9.80 Å². The molecule has 1 aliphatic heterocycles. The van der Waals surface area contributed by atoms with Gasteiger partial charge < -0.3 is 10.6 Å². The molecule has 1 saturated heterocycles. The van der Waals surface area contributed by atoms with Crippen LogP contribution in [0.2, 0.25) is 0 Å². The Morgan fingerprint density at radius 3 is 2.50 bits per heavy atom. The number of nitrogens with zero attached hydrogens (tertiary/aromatic N) is 2. The van der Waals surface area contributed by atoms with E-state index in [4.69, 9.17) is 5.73 Å². The molecule has 0 aliphatic carbocycles. The summed E-state index contributed by atoms with van der Waals surface area (Å²) in [5, 5.41) is 0. The van der Waals surface area contributed by atoms with Gasteiger partial charge in [0.15, 0.2) is 0 Å². The van der Waals surface area contributed by atoms with Crippen LogP contribution in [0.4, 0.5) is 0 Å². The summed E-state index contributed by atoms with van der Waals surface area (Å²) in [6, 6.07) is 16.0. The Labute approximate surface area is 143 Å². The second kappa shape index (κ2) is 7.60. The van der Waals surface area contributed by atoms with Crippen molar-refractivity contribution in [1.29, 1.82) is 0 Å². The maximum absolute atomic E-state index is 11.6. The number of carbonyl (C=O) groups is 1. The Morgan fingerprint density at radius 2 is 1.75 bits per heavy atom. The molecule has 1 fully saturated rings. The Morgan fingerprint density at radius 1 is 1.00 bits per heavy atom. The molecule has 2 aromatic rings. The molecule has 4 nitrogen and oxygen atoms in total. The molecule has 2 N–H and O–H groups in total. The number of hydrogen-bond acceptors (Lipinski definition) is 3. The van der Waals surface area contributed by atoms with Crippen molar-refractivity contribution in [2.24, 2.45) is 5.73 Å². The van der Waals surface area contributed by atoms with Crippen LogP contribution < -0.4 is 5.73 Å². The molecule has 4 heteroatoms. The number of benzene rings is 2. The minimum Gasteiger partial charge on any atom is -0.366 e. The van der Waals surface area contributed by atoms with Crippen molar-refractivity contribution in [3.8, 4) is 11.1 Å². The highest BCUT2D eigenvalue weighted by Crippen LogP contribution is 2.24. The van der Waals surface area contributed by atoms with Gasteiger partial charge in [0.25, 0.3) is 0 Å². The number of hydrogen-bond donors (Lipinski definition) is 1. The first-order chi connectivity index (χ1) is 11.6. The van der Waals surface area contributed by atoms with Gasteiger partial charge in [0.2, 0.25) is 5.91 Å². The second-order valence-electron chi connectivity index (χ2n) is 6.54. The summed E-state index contributed by atoms with van der Waals surface area (Å²) < 4.78 is 0. The van der Waals surface area contributed by atoms with E-state index in [2.05, 4.69) is 41.1 Å². The fourth-order valence-electron chi connectivity index (χ4n) is 3.26. The van der Waals surface area contributed by atoms with Crippen molar-refractivity contribution < 1.29 is 4.79 Å². The molecule has 1 heterocycles. The molecule has 24 heavy (non-hydrogen) atoms. The number of rotatable bonds is 4. The van der Waals surface area contributed by atoms with Crippen LogP contribution in [0.5, 0.6) is 0 Å². The minimum absolute atomic E-state index is 0.386. The Balaban J connectivity index is 1.73. The molecule has 0 saturated carbocycles. The van der Waals surface area contributed by atoms with Gasteiger partial charge in [-0.1, -0.05) is 42.5 Å². The van der Waals surface area contributed by atoms with E-state index < -0.39 is 0 Å². The third-order valence-corrected chi connectivity index (χ3v) is 4.68. The molecular weight excluding hydrogens is 298 g/mol. The summed E-state index contributed by atoms with van der Waals surface area (Å²) in [4.78, 5) is 16.5. The number of carbonyl (C=O) groups excluding carboxylic acids is 1. The standard InChI is InChI=1S/C20H25N3O/c1-22-11-4-12-23(14-13-22)15-16-7-9-17(10-8-16)18-5-2-3-6-19(18)20(21)24/h2-3,5-10H,4,11-15H2,1H3,(H2,21,24). The monoisotopic (exact) mass is 323 g/mol. The van der Waals surface area contributed by atoms with Gasteiger partial charge in [-0.2, -0.15) is 0 Å². The van der Waals surface area contributed by atoms with Crippen LogP contribution in [0.25, 0.3) is 11.1 Å². The van der Waals surface area contributed by atoms with E-state index in [-0.39, 0.29) is 5.91 Å². The van der Waals surface area contributed by atoms with Crippen molar-refractivity contribution >= 4 is 5.91 Å². The minimum atomic E-state index is -0.386. The van der Waals surface area contributed by atoms with Gasteiger partial charge in [-0.3, -0.25) is 9.69 Å². The first kappa shape index (κ1) is 16.7. The lowest BCUT2D eigenvalue weighted by molar-refractivity contribution is 0.100. The molecule has 0 aromatic heterocycles. The molecule has 1 amide bonds. The quantitative estimate of drug-likeness (QED) is 0.941. The van der Waals surface area contributed by atoms with Crippen LogP contribution in [-0.2, 0) is 6.54 Å². The number of primary amides is 1. The highest BCUT2D eigenvalue weighted by Gasteiger charge is 2.13. The topological polar surface area (TPSA) is 49.6 Å². The number of nitrogens with two attached hydrogens (primary N) is 1. The van der Waals surface area contributed by atoms with Crippen LogP contribution in [0.1, 0.15) is 22.3 Å². The summed E-state index contributed by atoms with van der Waals surface area (Å²) in [7, 11) is 2.19. The summed E-state index contributed by atoms with van der Waals surface area (Å²) >= 11 is 0. The van der Waals surface area contributed by atoms with Gasteiger partial charge in [-0.05, 0) is 49.3 Å². The lowest BCUT2D eigenvalue weighted by Crippen LogP contribution is -2.28. The molecule has 3 rings (SSSR count). The summed E-state index contributed by atoms with van der Waals surface area (Å²) in [6.07, 6.45) is 1.22. The molecule has 0 atom stereocenters. The van der Waals surface area contributed by atoms with E-state index >= 15 is 0 Å². The molecule has 0 unspecified atom stereocenters. The highest BCUT2D eigenvalue weighted by atomic mass is 16.1. The van der Waals surface area contributed by atoms with E-state index in [9.17, 15) is 4.79 Å². The van der Waals surface area contributed by atoms with Gasteiger partial charge in [-0.25, -0.2) is 0 Å². The maximum atomic E-state index is 11.6. The van der Waals surface area contributed by atoms with Gasteiger partial charge >= 0.3 is 0 Å². The fraction of sp³-hybridized carbons (Fsp3) is 0.350.